The van der Waals surface area contributed by atoms with E-state index in [1.165, 1.54) is 7.11 Å². The maximum Gasteiger partial charge on any atom is 0.328 e. The molecular weight excluding hydrogens is 334 g/mol. The Kier molecular flexibility index (Phi) is 7.00. The highest BCUT2D eigenvalue weighted by Gasteiger charge is 2.26. The lowest BCUT2D eigenvalue weighted by molar-refractivity contribution is -0.143. The van der Waals surface area contributed by atoms with E-state index in [1.807, 2.05) is 18.7 Å². The number of rotatable bonds is 5. The molecule has 0 aliphatic carbocycles. The molecule has 1 saturated heterocycles. The van der Waals surface area contributed by atoms with Crippen LogP contribution in [0.2, 0.25) is 0 Å². The predicted molar refractivity (Wildman–Crippen MR) is 99.0 cm³/mol. The molecule has 0 radical (unpaired) electrons. The lowest BCUT2D eigenvalue weighted by Gasteiger charge is -2.27. The second-order valence-corrected chi connectivity index (χ2v) is 6.74. The lowest BCUT2D eigenvalue weighted by atomic mass is 10.1. The van der Waals surface area contributed by atoms with Crippen LogP contribution in [0.15, 0.2) is 24.3 Å². The molecule has 0 unspecified atom stereocenters. The molecule has 0 aromatic heterocycles. The first-order valence-electron chi connectivity index (χ1n) is 8.97. The normalized spacial score (nSPS) is 15.3. The van der Waals surface area contributed by atoms with E-state index in [0.29, 0.717) is 11.3 Å². The summed E-state index contributed by atoms with van der Waals surface area (Å²) in [4.78, 5) is 38.7. The zero-order valence-corrected chi connectivity index (χ0v) is 15.6. The maximum absolute atomic E-state index is 12.8. The Morgan fingerprint density at radius 2 is 1.73 bits per heavy atom. The van der Waals surface area contributed by atoms with E-state index in [9.17, 15) is 14.4 Å². The van der Waals surface area contributed by atoms with Crippen LogP contribution in [-0.4, -0.2) is 49.0 Å². The van der Waals surface area contributed by atoms with E-state index < -0.39 is 18.0 Å². The van der Waals surface area contributed by atoms with Crippen LogP contribution in [0.1, 0.15) is 43.5 Å². The Bertz CT molecular complexity index is 654. The van der Waals surface area contributed by atoms with Gasteiger partial charge in [-0.2, -0.15) is 0 Å². The van der Waals surface area contributed by atoms with E-state index in [1.54, 1.807) is 24.3 Å². The Morgan fingerprint density at radius 3 is 2.35 bits per heavy atom. The van der Waals surface area contributed by atoms with Crippen LogP contribution >= 0.6 is 0 Å². The zero-order chi connectivity index (χ0) is 19.1. The SMILES string of the molecule is COC(=O)[C@@H](NC(=O)Nc1ccccc1C(=O)N1CCCCC1)C(C)C. The number of ether oxygens (including phenoxy) is 1. The van der Waals surface area contributed by atoms with Gasteiger partial charge in [-0.3, -0.25) is 4.79 Å². The van der Waals surface area contributed by atoms with Crippen LogP contribution in [0.5, 0.6) is 0 Å². The molecule has 1 aliphatic heterocycles. The molecule has 2 rings (SSSR count). The maximum atomic E-state index is 12.8. The molecular formula is C19H27N3O4. The molecule has 26 heavy (non-hydrogen) atoms. The van der Waals surface area contributed by atoms with E-state index in [0.717, 1.165) is 32.4 Å². The third-order valence-electron chi connectivity index (χ3n) is 4.46. The van der Waals surface area contributed by atoms with Crippen LogP contribution in [0.25, 0.3) is 0 Å². The van der Waals surface area contributed by atoms with Gasteiger partial charge in [0.25, 0.3) is 5.91 Å². The highest BCUT2D eigenvalue weighted by molar-refractivity contribution is 6.03. The third-order valence-corrected chi connectivity index (χ3v) is 4.46. The van der Waals surface area contributed by atoms with Gasteiger partial charge in [0.15, 0.2) is 0 Å². The number of hydrogen-bond donors (Lipinski definition) is 2. The molecule has 1 fully saturated rings. The second kappa shape index (κ2) is 9.22. The van der Waals surface area contributed by atoms with E-state index in [4.69, 9.17) is 4.74 Å². The van der Waals surface area contributed by atoms with Gasteiger partial charge in [-0.15, -0.1) is 0 Å². The van der Waals surface area contributed by atoms with Crippen molar-refractivity contribution in [1.82, 2.24) is 10.2 Å². The van der Waals surface area contributed by atoms with Gasteiger partial charge in [0.05, 0.1) is 18.4 Å². The van der Waals surface area contributed by atoms with Crippen LogP contribution in [0, 0.1) is 5.92 Å². The summed E-state index contributed by atoms with van der Waals surface area (Å²) >= 11 is 0. The Morgan fingerprint density at radius 1 is 1.08 bits per heavy atom. The van der Waals surface area contributed by atoms with E-state index in [2.05, 4.69) is 10.6 Å². The van der Waals surface area contributed by atoms with Gasteiger partial charge in [-0.05, 0) is 37.3 Å². The minimum absolute atomic E-state index is 0.0889. The number of esters is 1. The second-order valence-electron chi connectivity index (χ2n) is 6.74. The van der Waals surface area contributed by atoms with E-state index >= 15 is 0 Å². The van der Waals surface area contributed by atoms with Crippen molar-refractivity contribution in [3.63, 3.8) is 0 Å². The van der Waals surface area contributed by atoms with Crippen molar-refractivity contribution in [2.45, 2.75) is 39.2 Å². The number of anilines is 1. The smallest absolute Gasteiger partial charge is 0.328 e. The van der Waals surface area contributed by atoms with Gasteiger partial charge < -0.3 is 20.3 Å². The third kappa shape index (κ3) is 4.97. The summed E-state index contributed by atoms with van der Waals surface area (Å²) in [6.07, 6.45) is 3.13. The molecule has 3 amide bonds. The number of benzene rings is 1. The Labute approximate surface area is 154 Å². The monoisotopic (exact) mass is 361 g/mol. The van der Waals surface area contributed by atoms with Crippen molar-refractivity contribution >= 4 is 23.6 Å². The minimum atomic E-state index is -0.759. The summed E-state index contributed by atoms with van der Waals surface area (Å²) in [5.74, 6) is -0.722. The van der Waals surface area contributed by atoms with Gasteiger partial charge in [0.1, 0.15) is 6.04 Å². The fourth-order valence-electron chi connectivity index (χ4n) is 2.97. The zero-order valence-electron chi connectivity index (χ0n) is 15.6. The van der Waals surface area contributed by atoms with Crippen molar-refractivity contribution < 1.29 is 19.1 Å². The number of carbonyl (C=O) groups is 3. The standard InChI is InChI=1S/C19H27N3O4/c1-13(2)16(18(24)26-3)21-19(25)20-15-10-6-5-9-14(15)17(23)22-11-7-4-8-12-22/h5-6,9-10,13,16H,4,7-8,11-12H2,1-3H3,(H2,20,21,25)/t16-/m0/s1. The van der Waals surface area contributed by atoms with Gasteiger partial charge in [0, 0.05) is 13.1 Å². The van der Waals surface area contributed by atoms with Crippen molar-refractivity contribution in [3.05, 3.63) is 29.8 Å². The van der Waals surface area contributed by atoms with E-state index in [-0.39, 0.29) is 11.8 Å². The Hall–Kier alpha value is -2.57. The summed E-state index contributed by atoms with van der Waals surface area (Å²) in [5, 5.41) is 5.30. The van der Waals surface area contributed by atoms with Crippen molar-refractivity contribution in [2.75, 3.05) is 25.5 Å². The highest BCUT2D eigenvalue weighted by Crippen LogP contribution is 2.20. The summed E-state index contributed by atoms with van der Waals surface area (Å²) in [6, 6.07) is 5.60. The number of amides is 3. The number of carbonyl (C=O) groups excluding carboxylic acids is 3. The van der Waals surface area contributed by atoms with Crippen LogP contribution in [-0.2, 0) is 9.53 Å². The van der Waals surface area contributed by atoms with Crippen LogP contribution in [0.4, 0.5) is 10.5 Å². The summed E-state index contributed by atoms with van der Waals surface area (Å²) in [5.41, 5.74) is 0.872. The number of piperidine rings is 1. The number of likely N-dealkylation sites (tertiary alicyclic amines) is 1. The van der Waals surface area contributed by atoms with Crippen LogP contribution < -0.4 is 10.6 Å². The fourth-order valence-corrected chi connectivity index (χ4v) is 2.97. The Balaban J connectivity index is 2.10. The first kappa shape index (κ1) is 19.8. The fraction of sp³-hybridized carbons (Fsp3) is 0.526. The molecule has 142 valence electrons. The summed E-state index contributed by atoms with van der Waals surface area (Å²) in [6.45, 7) is 5.10. The number of urea groups is 1. The highest BCUT2D eigenvalue weighted by atomic mass is 16.5. The summed E-state index contributed by atoms with van der Waals surface area (Å²) in [7, 11) is 1.28. The van der Waals surface area contributed by atoms with Crippen molar-refractivity contribution in [1.29, 1.82) is 0 Å². The molecule has 0 bridgehead atoms. The number of hydrogen-bond acceptors (Lipinski definition) is 4. The lowest BCUT2D eigenvalue weighted by Crippen LogP contribution is -2.47. The average Bonchev–Trinajstić information content (AvgIpc) is 2.66. The molecule has 1 heterocycles. The van der Waals surface area contributed by atoms with Gasteiger partial charge in [-0.25, -0.2) is 9.59 Å². The van der Waals surface area contributed by atoms with Crippen molar-refractivity contribution in [2.24, 2.45) is 5.92 Å². The molecule has 1 aromatic rings. The van der Waals surface area contributed by atoms with Gasteiger partial charge >= 0.3 is 12.0 Å². The molecule has 1 aliphatic rings. The van der Waals surface area contributed by atoms with Gasteiger partial charge in [0.2, 0.25) is 0 Å². The number of methoxy groups -OCH3 is 1. The quantitative estimate of drug-likeness (QED) is 0.789. The molecule has 0 spiro atoms. The molecule has 1 aromatic carbocycles. The molecule has 0 saturated carbocycles. The van der Waals surface area contributed by atoms with Crippen molar-refractivity contribution in [3.8, 4) is 0 Å². The molecule has 7 heteroatoms. The number of para-hydroxylation sites is 1. The van der Waals surface area contributed by atoms with Gasteiger partial charge in [-0.1, -0.05) is 26.0 Å². The topological polar surface area (TPSA) is 87.7 Å². The molecule has 2 N–H and O–H groups in total. The molecule has 7 nitrogen and oxygen atoms in total. The first-order valence-corrected chi connectivity index (χ1v) is 8.97. The minimum Gasteiger partial charge on any atom is -0.467 e. The molecule has 1 atom stereocenters. The number of nitrogens with one attached hydrogen (secondary N) is 2. The van der Waals surface area contributed by atoms with Crippen LogP contribution in [0.3, 0.4) is 0 Å². The first-order chi connectivity index (χ1) is 12.4. The summed E-state index contributed by atoms with van der Waals surface area (Å²) < 4.78 is 4.72. The number of nitrogens with zero attached hydrogens (tertiary/aromatic N) is 1. The average molecular weight is 361 g/mol. The largest absolute Gasteiger partial charge is 0.467 e. The predicted octanol–water partition coefficient (Wildman–Crippen LogP) is 2.63.